The summed E-state index contributed by atoms with van der Waals surface area (Å²) in [6.07, 6.45) is 2.33. The quantitative estimate of drug-likeness (QED) is 0.638. The van der Waals surface area contributed by atoms with E-state index in [0.717, 1.165) is 17.6 Å². The molecule has 0 radical (unpaired) electrons. The van der Waals surface area contributed by atoms with Crippen molar-refractivity contribution >= 4 is 22.7 Å². The molecule has 0 unspecified atom stereocenters. The predicted molar refractivity (Wildman–Crippen MR) is 101 cm³/mol. The summed E-state index contributed by atoms with van der Waals surface area (Å²) < 4.78 is 0. The molecule has 134 valence electrons. The number of pyridine rings is 1. The van der Waals surface area contributed by atoms with Gasteiger partial charge in [-0.2, -0.15) is 0 Å². The molecule has 0 aliphatic heterocycles. The van der Waals surface area contributed by atoms with E-state index in [1.807, 2.05) is 19.1 Å². The average Bonchev–Trinajstić information content (AvgIpc) is 2.95. The van der Waals surface area contributed by atoms with E-state index >= 15 is 0 Å². The van der Waals surface area contributed by atoms with Gasteiger partial charge in [0.05, 0.1) is 12.2 Å². The van der Waals surface area contributed by atoms with Crippen LogP contribution in [-0.2, 0) is 17.8 Å². The Morgan fingerprint density at radius 2 is 1.96 bits per heavy atom. The van der Waals surface area contributed by atoms with Crippen LogP contribution in [0.2, 0.25) is 0 Å². The van der Waals surface area contributed by atoms with Crippen LogP contribution in [0.3, 0.4) is 0 Å². The number of carbonyl (C=O) groups is 2. The van der Waals surface area contributed by atoms with Gasteiger partial charge in [-0.05, 0) is 37.1 Å². The van der Waals surface area contributed by atoms with Crippen LogP contribution in [0.25, 0.3) is 10.9 Å². The first-order valence-corrected chi connectivity index (χ1v) is 8.58. The summed E-state index contributed by atoms with van der Waals surface area (Å²) in [6.45, 7) is 4.35. The van der Waals surface area contributed by atoms with E-state index < -0.39 is 0 Å². The molecular weight excluding hydrogens is 328 g/mol. The number of nitrogens with one attached hydrogen (secondary N) is 3. The Bertz CT molecular complexity index is 946. The first kappa shape index (κ1) is 17.7. The standard InChI is InChI=1S/C20H22N4O2/c1-13-17(18-5-3-4-6-19(18)24-13)8-10-22-20(26)15-7-9-21-16(11-15)12-23-14(2)25/h3-7,9,11,24H,8,10,12H2,1-2H3,(H,22,26)(H,23,25). The van der Waals surface area contributed by atoms with Gasteiger partial charge in [-0.1, -0.05) is 18.2 Å². The molecule has 6 heteroatoms. The second-order valence-corrected chi connectivity index (χ2v) is 6.23. The monoisotopic (exact) mass is 350 g/mol. The lowest BCUT2D eigenvalue weighted by molar-refractivity contribution is -0.119. The van der Waals surface area contributed by atoms with Gasteiger partial charge >= 0.3 is 0 Å². The molecule has 0 spiro atoms. The second kappa shape index (κ2) is 7.82. The highest BCUT2D eigenvalue weighted by Crippen LogP contribution is 2.21. The van der Waals surface area contributed by atoms with Gasteiger partial charge in [0.25, 0.3) is 5.91 Å². The molecular formula is C20H22N4O2. The van der Waals surface area contributed by atoms with Crippen molar-refractivity contribution in [3.05, 3.63) is 65.1 Å². The summed E-state index contributed by atoms with van der Waals surface area (Å²) in [7, 11) is 0. The Labute approximate surface area is 152 Å². The third kappa shape index (κ3) is 4.08. The van der Waals surface area contributed by atoms with Crippen molar-refractivity contribution in [2.24, 2.45) is 0 Å². The molecule has 3 rings (SSSR count). The summed E-state index contributed by atoms with van der Waals surface area (Å²) >= 11 is 0. The van der Waals surface area contributed by atoms with Crippen LogP contribution in [-0.4, -0.2) is 28.3 Å². The van der Waals surface area contributed by atoms with Crippen molar-refractivity contribution < 1.29 is 9.59 Å². The van der Waals surface area contributed by atoms with Crippen LogP contribution >= 0.6 is 0 Å². The first-order chi connectivity index (χ1) is 12.5. The van der Waals surface area contributed by atoms with Gasteiger partial charge in [0.2, 0.25) is 5.91 Å². The van der Waals surface area contributed by atoms with Crippen molar-refractivity contribution in [3.63, 3.8) is 0 Å². The van der Waals surface area contributed by atoms with Crippen LogP contribution in [0.4, 0.5) is 0 Å². The number of benzene rings is 1. The van der Waals surface area contributed by atoms with Crippen LogP contribution < -0.4 is 10.6 Å². The highest BCUT2D eigenvalue weighted by molar-refractivity contribution is 5.94. The van der Waals surface area contributed by atoms with Gasteiger partial charge < -0.3 is 15.6 Å². The number of aryl methyl sites for hydroxylation is 1. The molecule has 0 aliphatic carbocycles. The highest BCUT2D eigenvalue weighted by atomic mass is 16.2. The SMILES string of the molecule is CC(=O)NCc1cc(C(=O)NCCc2c(C)[nH]c3ccccc23)ccn1. The Kier molecular flexibility index (Phi) is 5.31. The third-order valence-corrected chi connectivity index (χ3v) is 4.28. The van der Waals surface area contributed by atoms with E-state index in [-0.39, 0.29) is 11.8 Å². The fourth-order valence-electron chi connectivity index (χ4n) is 2.99. The molecule has 26 heavy (non-hydrogen) atoms. The van der Waals surface area contributed by atoms with E-state index in [0.29, 0.717) is 24.3 Å². The lowest BCUT2D eigenvalue weighted by atomic mass is 10.1. The Balaban J connectivity index is 1.61. The number of amides is 2. The zero-order valence-corrected chi connectivity index (χ0v) is 14.9. The topological polar surface area (TPSA) is 86.9 Å². The lowest BCUT2D eigenvalue weighted by Gasteiger charge is -2.07. The fraction of sp³-hybridized carbons (Fsp3) is 0.250. The van der Waals surface area contributed by atoms with Crippen molar-refractivity contribution in [1.29, 1.82) is 0 Å². The molecule has 0 saturated carbocycles. The molecule has 2 aromatic heterocycles. The summed E-state index contributed by atoms with van der Waals surface area (Å²) in [5.74, 6) is -0.273. The van der Waals surface area contributed by atoms with Gasteiger partial charge in [0.1, 0.15) is 0 Å². The molecule has 2 amide bonds. The number of aromatic amines is 1. The van der Waals surface area contributed by atoms with Gasteiger partial charge in [-0.25, -0.2) is 0 Å². The van der Waals surface area contributed by atoms with E-state index in [4.69, 9.17) is 0 Å². The van der Waals surface area contributed by atoms with E-state index in [2.05, 4.69) is 32.7 Å². The lowest BCUT2D eigenvalue weighted by Crippen LogP contribution is -2.26. The number of carbonyl (C=O) groups excluding carboxylic acids is 2. The summed E-state index contributed by atoms with van der Waals surface area (Å²) in [5.41, 5.74) is 4.66. The van der Waals surface area contributed by atoms with Crippen LogP contribution in [0.15, 0.2) is 42.6 Å². The second-order valence-electron chi connectivity index (χ2n) is 6.23. The Morgan fingerprint density at radius 3 is 2.77 bits per heavy atom. The molecule has 0 fully saturated rings. The molecule has 1 aromatic carbocycles. The molecule has 6 nitrogen and oxygen atoms in total. The number of hydrogen-bond donors (Lipinski definition) is 3. The first-order valence-electron chi connectivity index (χ1n) is 8.58. The van der Waals surface area contributed by atoms with Crippen LogP contribution in [0, 0.1) is 6.92 Å². The smallest absolute Gasteiger partial charge is 0.251 e. The molecule has 0 atom stereocenters. The number of para-hydroxylation sites is 1. The largest absolute Gasteiger partial charge is 0.358 e. The zero-order valence-electron chi connectivity index (χ0n) is 14.9. The number of rotatable bonds is 6. The molecule has 2 heterocycles. The van der Waals surface area contributed by atoms with Crippen molar-refractivity contribution in [2.75, 3.05) is 6.54 Å². The summed E-state index contributed by atoms with van der Waals surface area (Å²) in [5, 5.41) is 6.82. The van der Waals surface area contributed by atoms with Gasteiger partial charge in [0, 0.05) is 41.8 Å². The van der Waals surface area contributed by atoms with Crippen LogP contribution in [0.5, 0.6) is 0 Å². The number of aromatic nitrogens is 2. The highest BCUT2D eigenvalue weighted by Gasteiger charge is 2.10. The van der Waals surface area contributed by atoms with Gasteiger partial charge in [0.15, 0.2) is 0 Å². The predicted octanol–water partition coefficient (Wildman–Crippen LogP) is 2.48. The summed E-state index contributed by atoms with van der Waals surface area (Å²) in [4.78, 5) is 30.9. The number of hydrogen-bond acceptors (Lipinski definition) is 3. The fourth-order valence-corrected chi connectivity index (χ4v) is 2.99. The maximum absolute atomic E-state index is 12.4. The number of nitrogens with zero attached hydrogens (tertiary/aromatic N) is 1. The Morgan fingerprint density at radius 1 is 1.15 bits per heavy atom. The van der Waals surface area contributed by atoms with Crippen molar-refractivity contribution in [2.45, 2.75) is 26.8 Å². The van der Waals surface area contributed by atoms with E-state index in [9.17, 15) is 9.59 Å². The third-order valence-electron chi connectivity index (χ3n) is 4.28. The number of H-pyrrole nitrogens is 1. The molecule has 0 bridgehead atoms. The molecule has 3 N–H and O–H groups in total. The summed E-state index contributed by atoms with van der Waals surface area (Å²) in [6, 6.07) is 11.5. The van der Waals surface area contributed by atoms with E-state index in [1.54, 1.807) is 18.3 Å². The van der Waals surface area contributed by atoms with Gasteiger partial charge in [-0.15, -0.1) is 0 Å². The van der Waals surface area contributed by atoms with Crippen molar-refractivity contribution in [3.8, 4) is 0 Å². The van der Waals surface area contributed by atoms with Gasteiger partial charge in [-0.3, -0.25) is 14.6 Å². The van der Waals surface area contributed by atoms with E-state index in [1.165, 1.54) is 17.9 Å². The maximum atomic E-state index is 12.4. The molecule has 3 aromatic rings. The maximum Gasteiger partial charge on any atom is 0.251 e. The normalized spacial score (nSPS) is 10.7. The van der Waals surface area contributed by atoms with Crippen LogP contribution in [0.1, 0.15) is 34.2 Å². The minimum atomic E-state index is -0.144. The minimum absolute atomic E-state index is 0.129. The van der Waals surface area contributed by atoms with Crippen molar-refractivity contribution in [1.82, 2.24) is 20.6 Å². The minimum Gasteiger partial charge on any atom is -0.358 e. The number of fused-ring (bicyclic) bond motifs is 1. The Hall–Kier alpha value is -3.15. The average molecular weight is 350 g/mol. The zero-order chi connectivity index (χ0) is 18.5. The molecule has 0 aliphatic rings. The molecule has 0 saturated heterocycles.